The monoisotopic (exact) mass is 486 g/mol. The molecule has 0 bridgehead atoms. The first-order valence-corrected chi connectivity index (χ1v) is 13.8. The van der Waals surface area contributed by atoms with Crippen LogP contribution in [0.3, 0.4) is 0 Å². The first-order valence-electron chi connectivity index (χ1n) is 13.8. The SMILES string of the molecule is CCC1CC=Nc2c(C(N)=O)c(C(C)CCCCCC(C)C(C)C)cc(-c3ccn4ccnc4c3)c21. The standard InChI is InChI=1S/C31H42N4O/c1-6-23-12-14-34-30-28(23)26(24-13-16-35-17-15-33-27(35)18-24)19-25(29(30)31(32)36)22(5)11-9-7-8-10-21(4)20(2)3/h13-23H,6-12H2,1-5H3,(H2,32,36). The molecule has 1 aliphatic heterocycles. The lowest BCUT2D eigenvalue weighted by molar-refractivity contribution is 0.0999. The van der Waals surface area contributed by atoms with Crippen LogP contribution in [0.2, 0.25) is 0 Å². The lowest BCUT2D eigenvalue weighted by atomic mass is 9.78. The summed E-state index contributed by atoms with van der Waals surface area (Å²) >= 11 is 0. The number of rotatable bonds is 11. The summed E-state index contributed by atoms with van der Waals surface area (Å²) in [5.74, 6) is 1.68. The quantitative estimate of drug-likeness (QED) is 0.278. The van der Waals surface area contributed by atoms with Gasteiger partial charge < -0.3 is 10.1 Å². The molecule has 0 saturated heterocycles. The molecule has 4 rings (SSSR count). The number of imidazole rings is 1. The minimum absolute atomic E-state index is 0.228. The molecule has 3 aromatic rings. The van der Waals surface area contributed by atoms with E-state index in [1.165, 1.54) is 19.3 Å². The number of carbonyl (C=O) groups is 1. The van der Waals surface area contributed by atoms with Crippen molar-refractivity contribution in [3.05, 3.63) is 53.5 Å². The predicted octanol–water partition coefficient (Wildman–Crippen LogP) is 8.05. The number of hydrogen-bond acceptors (Lipinski definition) is 3. The van der Waals surface area contributed by atoms with E-state index in [1.54, 1.807) is 0 Å². The maximum Gasteiger partial charge on any atom is 0.251 e. The number of nitrogens with zero attached hydrogens (tertiary/aromatic N) is 3. The second-order valence-electron chi connectivity index (χ2n) is 11.0. The zero-order chi connectivity index (χ0) is 25.8. The third-order valence-corrected chi connectivity index (χ3v) is 8.30. The highest BCUT2D eigenvalue weighted by molar-refractivity contribution is 6.03. The van der Waals surface area contributed by atoms with E-state index in [-0.39, 0.29) is 11.8 Å². The van der Waals surface area contributed by atoms with Gasteiger partial charge in [0.15, 0.2) is 0 Å². The number of unbranched alkanes of at least 4 members (excludes halogenated alkanes) is 2. The van der Waals surface area contributed by atoms with Crippen LogP contribution in [-0.4, -0.2) is 21.5 Å². The van der Waals surface area contributed by atoms with Gasteiger partial charge in [-0.1, -0.05) is 60.3 Å². The van der Waals surface area contributed by atoms with Crippen LogP contribution in [0.4, 0.5) is 5.69 Å². The molecule has 0 aliphatic carbocycles. The fourth-order valence-corrected chi connectivity index (χ4v) is 5.56. The topological polar surface area (TPSA) is 72.8 Å². The van der Waals surface area contributed by atoms with Gasteiger partial charge in [0.25, 0.3) is 5.91 Å². The summed E-state index contributed by atoms with van der Waals surface area (Å²) in [6, 6.07) is 6.52. The Morgan fingerprint density at radius 1 is 1.11 bits per heavy atom. The average Bonchev–Trinajstić information content (AvgIpc) is 3.34. The number of pyridine rings is 1. The number of carbonyl (C=O) groups excluding carboxylic acids is 1. The number of fused-ring (bicyclic) bond motifs is 2. The minimum atomic E-state index is -0.372. The largest absolute Gasteiger partial charge is 0.366 e. The summed E-state index contributed by atoms with van der Waals surface area (Å²) in [6.07, 6.45) is 15.6. The van der Waals surface area contributed by atoms with Crippen LogP contribution in [0.15, 0.2) is 41.8 Å². The summed E-state index contributed by atoms with van der Waals surface area (Å²) in [5.41, 5.74) is 12.8. The fraction of sp³-hybridized carbons (Fsp3) is 0.516. The van der Waals surface area contributed by atoms with Crippen LogP contribution in [0.25, 0.3) is 16.8 Å². The van der Waals surface area contributed by atoms with E-state index in [4.69, 9.17) is 10.7 Å². The molecule has 1 amide bonds. The summed E-state index contributed by atoms with van der Waals surface area (Å²) < 4.78 is 2.02. The van der Waals surface area contributed by atoms with Gasteiger partial charge in [0.2, 0.25) is 0 Å². The van der Waals surface area contributed by atoms with Crippen molar-refractivity contribution in [2.24, 2.45) is 22.6 Å². The van der Waals surface area contributed by atoms with E-state index >= 15 is 0 Å². The number of aromatic nitrogens is 2. The van der Waals surface area contributed by atoms with E-state index in [0.29, 0.717) is 11.5 Å². The first-order chi connectivity index (χ1) is 17.3. The number of nitrogens with two attached hydrogens (primary N) is 1. The van der Waals surface area contributed by atoms with E-state index in [1.807, 2.05) is 23.0 Å². The van der Waals surface area contributed by atoms with Gasteiger partial charge in [-0.3, -0.25) is 9.79 Å². The van der Waals surface area contributed by atoms with Gasteiger partial charge in [-0.25, -0.2) is 4.98 Å². The van der Waals surface area contributed by atoms with Gasteiger partial charge in [-0.05, 0) is 83.4 Å². The zero-order valence-corrected chi connectivity index (χ0v) is 22.6. The molecule has 5 heteroatoms. The Hall–Kier alpha value is -2.95. The van der Waals surface area contributed by atoms with Crippen molar-refractivity contribution >= 4 is 23.5 Å². The van der Waals surface area contributed by atoms with Crippen molar-refractivity contribution in [3.8, 4) is 11.1 Å². The summed E-state index contributed by atoms with van der Waals surface area (Å²) in [6.45, 7) is 11.4. The molecule has 192 valence electrons. The van der Waals surface area contributed by atoms with Crippen LogP contribution < -0.4 is 5.73 Å². The molecular formula is C31H42N4O. The van der Waals surface area contributed by atoms with Gasteiger partial charge in [-0.15, -0.1) is 0 Å². The summed E-state index contributed by atoms with van der Waals surface area (Å²) in [7, 11) is 0. The molecule has 1 aliphatic rings. The second kappa shape index (κ2) is 11.4. The van der Waals surface area contributed by atoms with Gasteiger partial charge in [0, 0.05) is 24.8 Å². The number of primary amides is 1. The van der Waals surface area contributed by atoms with Crippen LogP contribution in [0.5, 0.6) is 0 Å². The molecule has 0 saturated carbocycles. The van der Waals surface area contributed by atoms with E-state index < -0.39 is 0 Å². The Balaban J connectivity index is 1.70. The first kappa shape index (κ1) is 26.1. The van der Waals surface area contributed by atoms with Gasteiger partial charge in [-0.2, -0.15) is 0 Å². The van der Waals surface area contributed by atoms with E-state index in [9.17, 15) is 4.79 Å². The predicted molar refractivity (Wildman–Crippen MR) is 150 cm³/mol. The van der Waals surface area contributed by atoms with Crippen molar-refractivity contribution in [2.45, 2.75) is 91.4 Å². The second-order valence-corrected chi connectivity index (χ2v) is 11.0. The van der Waals surface area contributed by atoms with E-state index in [0.717, 1.165) is 71.1 Å². The highest BCUT2D eigenvalue weighted by Crippen LogP contribution is 2.47. The Labute approximate surface area is 216 Å². The normalized spacial score (nSPS) is 16.9. The molecule has 36 heavy (non-hydrogen) atoms. The maximum absolute atomic E-state index is 12.8. The zero-order valence-electron chi connectivity index (χ0n) is 22.6. The van der Waals surface area contributed by atoms with Crippen LogP contribution in [-0.2, 0) is 0 Å². The molecule has 3 unspecified atom stereocenters. The molecule has 2 aromatic heterocycles. The molecule has 3 heterocycles. The molecule has 3 atom stereocenters. The van der Waals surface area contributed by atoms with Crippen molar-refractivity contribution in [1.82, 2.24) is 9.38 Å². The Kier molecular flexibility index (Phi) is 8.28. The molecular weight excluding hydrogens is 444 g/mol. The Morgan fingerprint density at radius 3 is 2.61 bits per heavy atom. The smallest absolute Gasteiger partial charge is 0.251 e. The molecule has 0 fully saturated rings. The highest BCUT2D eigenvalue weighted by Gasteiger charge is 2.29. The minimum Gasteiger partial charge on any atom is -0.366 e. The van der Waals surface area contributed by atoms with Crippen LogP contribution >= 0.6 is 0 Å². The van der Waals surface area contributed by atoms with Crippen LogP contribution in [0.1, 0.15) is 113 Å². The van der Waals surface area contributed by atoms with Crippen molar-refractivity contribution in [1.29, 1.82) is 0 Å². The molecule has 2 N–H and O–H groups in total. The van der Waals surface area contributed by atoms with Crippen molar-refractivity contribution in [3.63, 3.8) is 0 Å². The van der Waals surface area contributed by atoms with Crippen molar-refractivity contribution in [2.75, 3.05) is 0 Å². The third kappa shape index (κ3) is 5.40. The summed E-state index contributed by atoms with van der Waals surface area (Å²) in [5, 5.41) is 0. The lowest BCUT2D eigenvalue weighted by Crippen LogP contribution is -2.19. The molecule has 5 nitrogen and oxygen atoms in total. The van der Waals surface area contributed by atoms with Gasteiger partial charge in [0.1, 0.15) is 5.65 Å². The van der Waals surface area contributed by atoms with Gasteiger partial charge >= 0.3 is 0 Å². The van der Waals surface area contributed by atoms with E-state index in [2.05, 4.69) is 64.0 Å². The van der Waals surface area contributed by atoms with Gasteiger partial charge in [0.05, 0.1) is 11.3 Å². The Bertz CT molecular complexity index is 1240. The fourth-order valence-electron chi connectivity index (χ4n) is 5.56. The maximum atomic E-state index is 12.8. The molecule has 1 aromatic carbocycles. The average molecular weight is 487 g/mol. The Morgan fingerprint density at radius 2 is 1.89 bits per heavy atom. The number of benzene rings is 1. The highest BCUT2D eigenvalue weighted by atomic mass is 16.1. The van der Waals surface area contributed by atoms with Crippen molar-refractivity contribution < 1.29 is 4.79 Å². The number of amides is 1. The third-order valence-electron chi connectivity index (χ3n) is 8.30. The number of aliphatic imine (C=N–C) groups is 1. The lowest BCUT2D eigenvalue weighted by Gasteiger charge is -2.28. The number of hydrogen-bond donors (Lipinski definition) is 1. The van der Waals surface area contributed by atoms with Crippen LogP contribution in [0, 0.1) is 11.8 Å². The summed E-state index contributed by atoms with van der Waals surface area (Å²) in [4.78, 5) is 22.1. The molecule has 0 radical (unpaired) electrons. The molecule has 0 spiro atoms.